The van der Waals surface area contributed by atoms with Crippen LogP contribution in [0.5, 0.6) is 11.5 Å². The van der Waals surface area contributed by atoms with Crippen LogP contribution < -0.4 is 14.9 Å². The van der Waals surface area contributed by atoms with Crippen molar-refractivity contribution in [2.75, 3.05) is 0 Å². The van der Waals surface area contributed by atoms with Crippen molar-refractivity contribution in [2.45, 2.75) is 6.61 Å². The third-order valence-corrected chi connectivity index (χ3v) is 5.45. The van der Waals surface area contributed by atoms with Crippen molar-refractivity contribution in [3.63, 3.8) is 0 Å². The number of carbonyl (C=O) groups is 2. The second kappa shape index (κ2) is 12.0. The van der Waals surface area contributed by atoms with E-state index in [-0.39, 0.29) is 5.91 Å². The van der Waals surface area contributed by atoms with Gasteiger partial charge in [0.1, 0.15) is 18.1 Å². The van der Waals surface area contributed by atoms with Crippen molar-refractivity contribution < 1.29 is 19.1 Å². The first kappa shape index (κ1) is 25.0. The van der Waals surface area contributed by atoms with Crippen LogP contribution in [0.3, 0.4) is 0 Å². The zero-order valence-corrected chi connectivity index (χ0v) is 20.4. The number of esters is 1. The first-order chi connectivity index (χ1) is 17.5. The standard InChI is InChI=1S/C28H20Cl2N2O4/c29-23-10-4-20(5-11-23)18-35-25-14-8-21(9-15-25)27(33)32-31-17-19-6-12-26(13-7-19)36-28(34)22-2-1-3-24(30)16-22/h1-17H,18H2,(H,32,33)/b31-17+. The fraction of sp³-hybridized carbons (Fsp3) is 0.0357. The summed E-state index contributed by atoms with van der Waals surface area (Å²) in [6, 6.07) is 27.4. The van der Waals surface area contributed by atoms with Gasteiger partial charge in [0, 0.05) is 15.6 Å². The van der Waals surface area contributed by atoms with Crippen LogP contribution in [0.4, 0.5) is 0 Å². The van der Waals surface area contributed by atoms with Crippen molar-refractivity contribution in [1.29, 1.82) is 0 Å². The highest BCUT2D eigenvalue weighted by atomic mass is 35.5. The Morgan fingerprint density at radius 1 is 0.778 bits per heavy atom. The number of nitrogens with one attached hydrogen (secondary N) is 1. The minimum Gasteiger partial charge on any atom is -0.489 e. The average molecular weight is 519 g/mol. The monoisotopic (exact) mass is 518 g/mol. The summed E-state index contributed by atoms with van der Waals surface area (Å²) in [5.74, 6) is 0.149. The Kier molecular flexibility index (Phi) is 8.34. The van der Waals surface area contributed by atoms with E-state index in [1.165, 1.54) is 12.3 Å². The third-order valence-electron chi connectivity index (χ3n) is 4.97. The molecule has 180 valence electrons. The van der Waals surface area contributed by atoms with Gasteiger partial charge in [0.2, 0.25) is 0 Å². The number of hydrazone groups is 1. The average Bonchev–Trinajstić information content (AvgIpc) is 2.89. The van der Waals surface area contributed by atoms with E-state index in [4.69, 9.17) is 32.7 Å². The van der Waals surface area contributed by atoms with Gasteiger partial charge in [0.15, 0.2) is 0 Å². The van der Waals surface area contributed by atoms with Crippen LogP contribution in [0.15, 0.2) is 102 Å². The summed E-state index contributed by atoms with van der Waals surface area (Å²) in [7, 11) is 0. The molecule has 6 nitrogen and oxygen atoms in total. The van der Waals surface area contributed by atoms with Crippen molar-refractivity contribution >= 4 is 41.3 Å². The van der Waals surface area contributed by atoms with Gasteiger partial charge in [-0.05, 0) is 90.0 Å². The number of nitrogens with zero attached hydrogens (tertiary/aromatic N) is 1. The predicted octanol–water partition coefficient (Wildman–Crippen LogP) is 6.56. The number of ether oxygens (including phenoxy) is 2. The van der Waals surface area contributed by atoms with Crippen LogP contribution in [-0.4, -0.2) is 18.1 Å². The number of benzene rings is 4. The van der Waals surface area contributed by atoms with Gasteiger partial charge in [0.25, 0.3) is 5.91 Å². The Bertz CT molecular complexity index is 1370. The normalized spacial score (nSPS) is 10.7. The summed E-state index contributed by atoms with van der Waals surface area (Å²) in [4.78, 5) is 24.5. The molecule has 0 fully saturated rings. The highest BCUT2D eigenvalue weighted by Crippen LogP contribution is 2.17. The molecule has 0 saturated heterocycles. The van der Waals surface area contributed by atoms with E-state index in [1.54, 1.807) is 78.9 Å². The number of rotatable bonds is 8. The second-order valence-corrected chi connectivity index (χ2v) is 8.48. The topological polar surface area (TPSA) is 77.0 Å². The van der Waals surface area contributed by atoms with Gasteiger partial charge in [0.05, 0.1) is 11.8 Å². The molecule has 0 aliphatic carbocycles. The molecule has 4 aromatic rings. The SMILES string of the molecule is O=C(N/N=C/c1ccc(OC(=O)c2cccc(Cl)c2)cc1)c1ccc(OCc2ccc(Cl)cc2)cc1. The van der Waals surface area contributed by atoms with Crippen LogP contribution >= 0.6 is 23.2 Å². The van der Waals surface area contributed by atoms with Crippen molar-refractivity contribution in [3.8, 4) is 11.5 Å². The molecule has 0 atom stereocenters. The number of amides is 1. The highest BCUT2D eigenvalue weighted by Gasteiger charge is 2.09. The lowest BCUT2D eigenvalue weighted by molar-refractivity contribution is 0.0734. The molecule has 0 bridgehead atoms. The third kappa shape index (κ3) is 7.18. The molecule has 0 unspecified atom stereocenters. The lowest BCUT2D eigenvalue weighted by Crippen LogP contribution is -2.17. The zero-order valence-electron chi connectivity index (χ0n) is 18.9. The largest absolute Gasteiger partial charge is 0.489 e. The Hall–Kier alpha value is -4.13. The quantitative estimate of drug-likeness (QED) is 0.124. The van der Waals surface area contributed by atoms with E-state index in [0.29, 0.717) is 44.8 Å². The zero-order chi connectivity index (χ0) is 25.3. The molecular formula is C28H20Cl2N2O4. The molecule has 1 amide bonds. The number of carbonyl (C=O) groups excluding carboxylic acids is 2. The van der Waals surface area contributed by atoms with Gasteiger partial charge in [-0.2, -0.15) is 5.10 Å². The van der Waals surface area contributed by atoms with E-state index in [0.717, 1.165) is 5.56 Å². The van der Waals surface area contributed by atoms with E-state index in [2.05, 4.69) is 10.5 Å². The van der Waals surface area contributed by atoms with Crippen LogP contribution in [-0.2, 0) is 6.61 Å². The molecule has 36 heavy (non-hydrogen) atoms. The summed E-state index contributed by atoms with van der Waals surface area (Å²) in [6.07, 6.45) is 1.49. The van der Waals surface area contributed by atoms with Gasteiger partial charge in [-0.3, -0.25) is 4.79 Å². The van der Waals surface area contributed by atoms with Crippen LogP contribution in [0, 0.1) is 0 Å². The maximum absolute atomic E-state index is 12.3. The second-order valence-electron chi connectivity index (χ2n) is 7.61. The fourth-order valence-corrected chi connectivity index (χ4v) is 3.40. The number of hydrogen-bond donors (Lipinski definition) is 1. The van der Waals surface area contributed by atoms with E-state index in [1.807, 2.05) is 12.1 Å². The summed E-state index contributed by atoms with van der Waals surface area (Å²) < 4.78 is 11.1. The van der Waals surface area contributed by atoms with E-state index >= 15 is 0 Å². The lowest BCUT2D eigenvalue weighted by Gasteiger charge is -2.07. The first-order valence-corrected chi connectivity index (χ1v) is 11.6. The molecule has 0 radical (unpaired) electrons. The maximum Gasteiger partial charge on any atom is 0.343 e. The lowest BCUT2D eigenvalue weighted by atomic mass is 10.2. The van der Waals surface area contributed by atoms with Gasteiger partial charge >= 0.3 is 5.97 Å². The molecule has 8 heteroatoms. The molecule has 0 aromatic heterocycles. The minimum absolute atomic E-state index is 0.358. The molecule has 0 saturated carbocycles. The Morgan fingerprint density at radius 2 is 1.47 bits per heavy atom. The Morgan fingerprint density at radius 3 is 2.17 bits per heavy atom. The molecular weight excluding hydrogens is 499 g/mol. The summed E-state index contributed by atoms with van der Waals surface area (Å²) in [6.45, 7) is 0.394. The van der Waals surface area contributed by atoms with Gasteiger partial charge in [-0.1, -0.05) is 41.4 Å². The molecule has 1 N–H and O–H groups in total. The minimum atomic E-state index is -0.507. The predicted molar refractivity (Wildman–Crippen MR) is 140 cm³/mol. The number of halogens is 2. The Labute approximate surface area is 218 Å². The highest BCUT2D eigenvalue weighted by molar-refractivity contribution is 6.31. The first-order valence-electron chi connectivity index (χ1n) is 10.8. The van der Waals surface area contributed by atoms with Gasteiger partial charge in [-0.15, -0.1) is 0 Å². The van der Waals surface area contributed by atoms with Crippen molar-refractivity contribution in [3.05, 3.63) is 129 Å². The maximum atomic E-state index is 12.3. The summed E-state index contributed by atoms with van der Waals surface area (Å²) >= 11 is 11.8. The van der Waals surface area contributed by atoms with Crippen LogP contribution in [0.1, 0.15) is 31.8 Å². The van der Waals surface area contributed by atoms with Crippen LogP contribution in [0.25, 0.3) is 0 Å². The molecule has 4 rings (SSSR count). The Balaban J connectivity index is 1.25. The summed E-state index contributed by atoms with van der Waals surface area (Å²) in [5, 5.41) is 5.11. The van der Waals surface area contributed by atoms with Crippen LogP contribution in [0.2, 0.25) is 10.0 Å². The molecule has 0 heterocycles. The molecule has 0 spiro atoms. The van der Waals surface area contributed by atoms with E-state index in [9.17, 15) is 9.59 Å². The molecule has 0 aliphatic rings. The van der Waals surface area contributed by atoms with Gasteiger partial charge in [-0.25, -0.2) is 10.2 Å². The molecule has 4 aromatic carbocycles. The smallest absolute Gasteiger partial charge is 0.343 e. The number of hydrogen-bond acceptors (Lipinski definition) is 5. The fourth-order valence-electron chi connectivity index (χ4n) is 3.08. The van der Waals surface area contributed by atoms with Gasteiger partial charge < -0.3 is 9.47 Å². The summed E-state index contributed by atoms with van der Waals surface area (Å²) in [5.41, 5.74) is 4.98. The molecule has 0 aliphatic heterocycles. The van der Waals surface area contributed by atoms with Crippen molar-refractivity contribution in [2.24, 2.45) is 5.10 Å². The van der Waals surface area contributed by atoms with E-state index < -0.39 is 5.97 Å². The van der Waals surface area contributed by atoms with Crippen molar-refractivity contribution in [1.82, 2.24) is 5.43 Å².